The fraction of sp³-hybridized carbons (Fsp3) is 0.130. The highest BCUT2D eigenvalue weighted by molar-refractivity contribution is 5.99. The summed E-state index contributed by atoms with van der Waals surface area (Å²) in [7, 11) is 0. The standard InChI is InChI=1S/C23H19NO6/c1-16-4-2-7-21(12-16)29-14-17-8-10-18(11-9-17)23(26)30-15-22(25)19-5-3-6-20(13-19)24(27)28/h2-13H,14-15H2,1H3. The Morgan fingerprint density at radius 1 is 0.933 bits per heavy atom. The minimum atomic E-state index is -0.653. The number of nitro benzene ring substituents is 1. The summed E-state index contributed by atoms with van der Waals surface area (Å²) >= 11 is 0. The number of nitrogens with zero attached hydrogens (tertiary/aromatic N) is 1. The van der Waals surface area contributed by atoms with Gasteiger partial charge in [0.1, 0.15) is 12.4 Å². The second-order valence-corrected chi connectivity index (χ2v) is 6.61. The van der Waals surface area contributed by atoms with E-state index >= 15 is 0 Å². The van der Waals surface area contributed by atoms with Crippen molar-refractivity contribution in [2.45, 2.75) is 13.5 Å². The van der Waals surface area contributed by atoms with Crippen molar-refractivity contribution in [2.24, 2.45) is 0 Å². The molecule has 3 rings (SSSR count). The average Bonchev–Trinajstić information content (AvgIpc) is 2.76. The Kier molecular flexibility index (Phi) is 6.54. The van der Waals surface area contributed by atoms with Crippen molar-refractivity contribution < 1.29 is 24.0 Å². The van der Waals surface area contributed by atoms with E-state index in [1.165, 1.54) is 18.2 Å². The summed E-state index contributed by atoms with van der Waals surface area (Å²) in [5.74, 6) is -0.409. The van der Waals surface area contributed by atoms with E-state index in [1.54, 1.807) is 24.3 Å². The van der Waals surface area contributed by atoms with Crippen LogP contribution in [-0.4, -0.2) is 23.3 Å². The van der Waals surface area contributed by atoms with Gasteiger partial charge in [0, 0.05) is 17.7 Å². The van der Waals surface area contributed by atoms with Crippen LogP contribution in [0.2, 0.25) is 0 Å². The highest BCUT2D eigenvalue weighted by Gasteiger charge is 2.14. The predicted molar refractivity (Wildman–Crippen MR) is 110 cm³/mol. The second-order valence-electron chi connectivity index (χ2n) is 6.61. The molecule has 0 atom stereocenters. The number of hydrogen-bond acceptors (Lipinski definition) is 6. The molecule has 152 valence electrons. The van der Waals surface area contributed by atoms with E-state index in [2.05, 4.69) is 0 Å². The van der Waals surface area contributed by atoms with Crippen molar-refractivity contribution in [3.8, 4) is 5.75 Å². The number of non-ortho nitro benzene ring substituents is 1. The van der Waals surface area contributed by atoms with Gasteiger partial charge in [-0.2, -0.15) is 0 Å². The first-order chi connectivity index (χ1) is 14.4. The highest BCUT2D eigenvalue weighted by atomic mass is 16.6. The Labute approximate surface area is 173 Å². The third-order valence-corrected chi connectivity index (χ3v) is 4.30. The van der Waals surface area contributed by atoms with Gasteiger partial charge in [-0.1, -0.05) is 36.4 Å². The number of ketones is 1. The number of carbonyl (C=O) groups excluding carboxylic acids is 2. The normalized spacial score (nSPS) is 10.3. The Morgan fingerprint density at radius 3 is 2.37 bits per heavy atom. The van der Waals surface area contributed by atoms with Gasteiger partial charge < -0.3 is 9.47 Å². The molecule has 0 aliphatic carbocycles. The zero-order valence-electron chi connectivity index (χ0n) is 16.2. The zero-order valence-corrected chi connectivity index (χ0v) is 16.2. The molecule has 0 aliphatic rings. The quantitative estimate of drug-likeness (QED) is 0.237. The Bertz CT molecular complexity index is 1080. The molecule has 0 radical (unpaired) electrons. The molecule has 0 heterocycles. The molecule has 0 fully saturated rings. The summed E-state index contributed by atoms with van der Waals surface area (Å²) in [6.07, 6.45) is 0. The molecular weight excluding hydrogens is 386 g/mol. The lowest BCUT2D eigenvalue weighted by molar-refractivity contribution is -0.384. The number of ether oxygens (including phenoxy) is 2. The molecule has 30 heavy (non-hydrogen) atoms. The molecule has 7 heteroatoms. The molecule has 3 aromatic carbocycles. The summed E-state index contributed by atoms with van der Waals surface area (Å²) in [5.41, 5.74) is 2.18. The van der Waals surface area contributed by atoms with Crippen molar-refractivity contribution in [3.63, 3.8) is 0 Å². The third kappa shape index (κ3) is 5.51. The number of benzene rings is 3. The first-order valence-electron chi connectivity index (χ1n) is 9.15. The lowest BCUT2D eigenvalue weighted by Crippen LogP contribution is -2.14. The van der Waals surface area contributed by atoms with Gasteiger partial charge in [-0.05, 0) is 42.3 Å². The van der Waals surface area contributed by atoms with Crippen LogP contribution >= 0.6 is 0 Å². The number of nitro groups is 1. The third-order valence-electron chi connectivity index (χ3n) is 4.30. The van der Waals surface area contributed by atoms with Gasteiger partial charge in [-0.25, -0.2) is 4.79 Å². The monoisotopic (exact) mass is 405 g/mol. The topological polar surface area (TPSA) is 95.7 Å². The van der Waals surface area contributed by atoms with Crippen LogP contribution in [0.1, 0.15) is 31.8 Å². The van der Waals surface area contributed by atoms with Crippen molar-refractivity contribution in [2.75, 3.05) is 6.61 Å². The molecule has 0 spiro atoms. The summed E-state index contributed by atoms with van der Waals surface area (Å²) in [6, 6.07) is 19.7. The second kappa shape index (κ2) is 9.47. The smallest absolute Gasteiger partial charge is 0.338 e. The van der Waals surface area contributed by atoms with E-state index in [9.17, 15) is 19.7 Å². The fourth-order valence-corrected chi connectivity index (χ4v) is 2.70. The molecule has 0 N–H and O–H groups in total. The van der Waals surface area contributed by atoms with E-state index in [0.717, 1.165) is 22.9 Å². The summed E-state index contributed by atoms with van der Waals surface area (Å²) in [4.78, 5) is 34.5. The zero-order chi connectivity index (χ0) is 21.5. The molecular formula is C23H19NO6. The number of rotatable bonds is 8. The van der Waals surface area contributed by atoms with Crippen LogP contribution in [0.4, 0.5) is 5.69 Å². The van der Waals surface area contributed by atoms with Crippen LogP contribution in [0.15, 0.2) is 72.8 Å². The predicted octanol–water partition coefficient (Wildman–Crippen LogP) is 4.52. The van der Waals surface area contributed by atoms with Gasteiger partial charge in [0.15, 0.2) is 6.61 Å². The highest BCUT2D eigenvalue weighted by Crippen LogP contribution is 2.16. The minimum Gasteiger partial charge on any atom is -0.489 e. The summed E-state index contributed by atoms with van der Waals surface area (Å²) in [5, 5.41) is 10.8. The largest absolute Gasteiger partial charge is 0.489 e. The number of aryl methyl sites for hydroxylation is 1. The van der Waals surface area contributed by atoms with Crippen LogP contribution in [0, 0.1) is 17.0 Å². The van der Waals surface area contributed by atoms with E-state index in [0.29, 0.717) is 12.2 Å². The van der Waals surface area contributed by atoms with Crippen LogP contribution in [0.5, 0.6) is 5.75 Å². The Morgan fingerprint density at radius 2 is 1.67 bits per heavy atom. The van der Waals surface area contributed by atoms with E-state index in [1.807, 2.05) is 31.2 Å². The van der Waals surface area contributed by atoms with Gasteiger partial charge >= 0.3 is 5.97 Å². The van der Waals surface area contributed by atoms with Crippen molar-refractivity contribution in [1.29, 1.82) is 0 Å². The van der Waals surface area contributed by atoms with E-state index in [-0.39, 0.29) is 11.3 Å². The minimum absolute atomic E-state index is 0.112. The lowest BCUT2D eigenvalue weighted by Gasteiger charge is -2.08. The van der Waals surface area contributed by atoms with Crippen molar-refractivity contribution in [1.82, 2.24) is 0 Å². The first kappa shape index (κ1) is 20.7. The first-order valence-corrected chi connectivity index (χ1v) is 9.15. The maximum atomic E-state index is 12.2. The summed E-state index contributed by atoms with van der Waals surface area (Å²) in [6.45, 7) is 1.83. The van der Waals surface area contributed by atoms with E-state index < -0.39 is 23.3 Å². The lowest BCUT2D eigenvalue weighted by atomic mass is 10.1. The molecule has 0 aromatic heterocycles. The van der Waals surface area contributed by atoms with Crippen LogP contribution in [0.25, 0.3) is 0 Å². The summed E-state index contributed by atoms with van der Waals surface area (Å²) < 4.78 is 10.8. The Hall–Kier alpha value is -4.00. The molecule has 7 nitrogen and oxygen atoms in total. The average molecular weight is 405 g/mol. The van der Waals surface area contributed by atoms with Gasteiger partial charge in [0.05, 0.1) is 10.5 Å². The fourth-order valence-electron chi connectivity index (χ4n) is 2.70. The van der Waals surface area contributed by atoms with Gasteiger partial charge in [-0.15, -0.1) is 0 Å². The molecule has 3 aromatic rings. The number of esters is 1. The van der Waals surface area contributed by atoms with Gasteiger partial charge in [0.25, 0.3) is 5.69 Å². The maximum Gasteiger partial charge on any atom is 0.338 e. The van der Waals surface area contributed by atoms with Crippen molar-refractivity contribution >= 4 is 17.4 Å². The van der Waals surface area contributed by atoms with Crippen LogP contribution < -0.4 is 4.74 Å². The van der Waals surface area contributed by atoms with Gasteiger partial charge in [0.2, 0.25) is 5.78 Å². The van der Waals surface area contributed by atoms with E-state index in [4.69, 9.17) is 9.47 Å². The van der Waals surface area contributed by atoms with Crippen molar-refractivity contribution in [3.05, 3.63) is 105 Å². The van der Waals surface area contributed by atoms with Crippen LogP contribution in [-0.2, 0) is 11.3 Å². The maximum absolute atomic E-state index is 12.2. The van der Waals surface area contributed by atoms with Gasteiger partial charge in [-0.3, -0.25) is 14.9 Å². The molecule has 0 aliphatic heterocycles. The molecule has 0 saturated carbocycles. The number of hydrogen-bond donors (Lipinski definition) is 0. The molecule has 0 saturated heterocycles. The SMILES string of the molecule is Cc1cccc(OCc2ccc(C(=O)OCC(=O)c3cccc([N+](=O)[O-])c3)cc2)c1. The number of Topliss-reactive ketones (excluding diaryl/α,β-unsaturated/α-hetero) is 1. The molecule has 0 amide bonds. The Balaban J connectivity index is 1.53. The molecule has 0 bridgehead atoms. The molecule has 0 unspecified atom stereocenters. The van der Waals surface area contributed by atoms with Crippen LogP contribution in [0.3, 0.4) is 0 Å². The number of carbonyl (C=O) groups is 2.